The molecule has 1 saturated heterocycles. The van der Waals surface area contributed by atoms with E-state index in [0.717, 1.165) is 24.4 Å². The van der Waals surface area contributed by atoms with Crippen molar-refractivity contribution in [2.45, 2.75) is 32.3 Å². The summed E-state index contributed by atoms with van der Waals surface area (Å²) in [4.78, 5) is 0. The highest BCUT2D eigenvalue weighted by Gasteiger charge is 2.85. The molecule has 0 amide bonds. The molecule has 0 radical (unpaired) electrons. The zero-order chi connectivity index (χ0) is 8.84. The van der Waals surface area contributed by atoms with E-state index in [1.807, 2.05) is 0 Å². The Hall–Kier alpha value is -0.300. The van der Waals surface area contributed by atoms with Crippen LogP contribution in [-0.2, 0) is 4.74 Å². The molecule has 3 aliphatic carbocycles. The van der Waals surface area contributed by atoms with Gasteiger partial charge in [0, 0.05) is 23.9 Å². The Kier molecular flexibility index (Phi) is 0.882. The van der Waals surface area contributed by atoms with E-state index in [1.54, 1.807) is 5.57 Å². The summed E-state index contributed by atoms with van der Waals surface area (Å²) in [5.41, 5.74) is 2.47. The normalized spacial score (nSPS) is 66.3. The van der Waals surface area contributed by atoms with E-state index in [1.165, 1.54) is 12.8 Å². The average Bonchev–Trinajstić information content (AvgIpc) is 2.39. The molecule has 1 heteroatoms. The van der Waals surface area contributed by atoms with Gasteiger partial charge >= 0.3 is 0 Å². The highest BCUT2D eigenvalue weighted by Crippen LogP contribution is 2.83. The lowest BCUT2D eigenvalue weighted by Crippen LogP contribution is -2.34. The molecule has 0 aromatic heterocycles. The molecule has 1 nitrogen and oxygen atoms in total. The minimum Gasteiger partial charge on any atom is -0.373 e. The second-order valence-electron chi connectivity index (χ2n) is 5.68. The number of rotatable bonds is 0. The molecule has 2 saturated carbocycles. The molecular formula is C12H16O. The third kappa shape index (κ3) is 0.464. The second kappa shape index (κ2) is 1.63. The third-order valence-corrected chi connectivity index (χ3v) is 5.33. The lowest BCUT2D eigenvalue weighted by Gasteiger charge is -2.32. The maximum atomic E-state index is 6.14. The van der Waals surface area contributed by atoms with Gasteiger partial charge in [-0.15, -0.1) is 0 Å². The number of ether oxygens (including phenoxy) is 1. The maximum Gasteiger partial charge on any atom is 0.0878 e. The Bertz CT molecular complexity index is 332. The second-order valence-corrected chi connectivity index (χ2v) is 5.68. The molecule has 1 heterocycles. The van der Waals surface area contributed by atoms with E-state index in [4.69, 9.17) is 4.74 Å². The Morgan fingerprint density at radius 3 is 3.15 bits per heavy atom. The third-order valence-electron chi connectivity index (χ3n) is 5.33. The van der Waals surface area contributed by atoms with Gasteiger partial charge in [-0.2, -0.15) is 0 Å². The average molecular weight is 176 g/mol. The van der Waals surface area contributed by atoms with Crippen molar-refractivity contribution in [3.05, 3.63) is 11.6 Å². The molecular weight excluding hydrogens is 160 g/mol. The molecule has 2 bridgehead atoms. The lowest BCUT2D eigenvalue weighted by atomic mass is 9.83. The maximum absolute atomic E-state index is 6.14. The summed E-state index contributed by atoms with van der Waals surface area (Å²) < 4.78 is 6.14. The number of hydrogen-bond donors (Lipinski definition) is 0. The topological polar surface area (TPSA) is 9.23 Å². The monoisotopic (exact) mass is 176 g/mol. The van der Waals surface area contributed by atoms with Crippen LogP contribution in [0.4, 0.5) is 0 Å². The van der Waals surface area contributed by atoms with Gasteiger partial charge in [-0.3, -0.25) is 0 Å². The summed E-state index contributed by atoms with van der Waals surface area (Å²) in [6.45, 7) is 5.78. The van der Waals surface area contributed by atoms with Crippen LogP contribution in [0.25, 0.3) is 0 Å². The molecule has 5 atom stereocenters. The van der Waals surface area contributed by atoms with E-state index < -0.39 is 0 Å². The molecule has 0 aromatic carbocycles. The number of fused-ring (bicyclic) bond motifs is 1. The smallest absolute Gasteiger partial charge is 0.0878 e. The standard InChI is InChI=1S/C12H16O/c1-7-5-9-11(2)6-8-3-4-13-12(9,11)10(7)8/h5,8-10H,3-4,6H2,1-2H3/t8-,9-,10+,11+,12-/m1/s1. The van der Waals surface area contributed by atoms with Gasteiger partial charge in [-0.25, -0.2) is 0 Å². The van der Waals surface area contributed by atoms with Crippen molar-refractivity contribution in [3.63, 3.8) is 0 Å². The highest BCUT2D eigenvalue weighted by molar-refractivity contribution is 5.46. The predicted octanol–water partition coefficient (Wildman–Crippen LogP) is 2.38. The minimum atomic E-state index is 0.306. The van der Waals surface area contributed by atoms with Crippen molar-refractivity contribution in [1.82, 2.24) is 0 Å². The number of hydrogen-bond acceptors (Lipinski definition) is 1. The van der Waals surface area contributed by atoms with Gasteiger partial charge in [-0.1, -0.05) is 18.6 Å². The summed E-state index contributed by atoms with van der Waals surface area (Å²) in [5.74, 6) is 2.53. The van der Waals surface area contributed by atoms with Crippen LogP contribution in [0, 0.1) is 23.2 Å². The zero-order valence-electron chi connectivity index (χ0n) is 8.34. The van der Waals surface area contributed by atoms with Gasteiger partial charge in [0.15, 0.2) is 0 Å². The molecule has 13 heavy (non-hydrogen) atoms. The van der Waals surface area contributed by atoms with E-state index >= 15 is 0 Å². The molecule has 4 aliphatic rings. The van der Waals surface area contributed by atoms with Crippen molar-refractivity contribution in [2.24, 2.45) is 23.2 Å². The summed E-state index contributed by atoms with van der Waals surface area (Å²) in [6, 6.07) is 0. The molecule has 70 valence electrons. The van der Waals surface area contributed by atoms with Gasteiger partial charge < -0.3 is 4.74 Å². The first kappa shape index (κ1) is 7.05. The Morgan fingerprint density at radius 2 is 2.38 bits per heavy atom. The van der Waals surface area contributed by atoms with E-state index in [2.05, 4.69) is 19.9 Å². The van der Waals surface area contributed by atoms with Crippen molar-refractivity contribution >= 4 is 0 Å². The summed E-state index contributed by atoms with van der Waals surface area (Å²) in [7, 11) is 0. The molecule has 4 rings (SSSR count). The fraction of sp³-hybridized carbons (Fsp3) is 0.833. The molecule has 1 spiro atoms. The SMILES string of the molecule is CC1=C[C@H]2[C@]34OCC[C@H](C[C@@]23C)[C@H]14. The van der Waals surface area contributed by atoms with Crippen molar-refractivity contribution in [1.29, 1.82) is 0 Å². The molecule has 0 N–H and O–H groups in total. The first-order valence-electron chi connectivity index (χ1n) is 5.52. The molecule has 3 fully saturated rings. The van der Waals surface area contributed by atoms with Crippen LogP contribution in [0.1, 0.15) is 26.7 Å². The molecule has 1 aliphatic heterocycles. The van der Waals surface area contributed by atoms with Gasteiger partial charge in [0.2, 0.25) is 0 Å². The Balaban J connectivity index is 1.94. The largest absolute Gasteiger partial charge is 0.373 e. The van der Waals surface area contributed by atoms with Crippen LogP contribution >= 0.6 is 0 Å². The van der Waals surface area contributed by atoms with E-state index in [0.29, 0.717) is 11.0 Å². The van der Waals surface area contributed by atoms with Crippen LogP contribution in [0.15, 0.2) is 11.6 Å². The molecule has 0 unspecified atom stereocenters. The van der Waals surface area contributed by atoms with Gasteiger partial charge in [0.1, 0.15) is 0 Å². The quantitative estimate of drug-likeness (QED) is 0.515. The van der Waals surface area contributed by atoms with E-state index in [-0.39, 0.29) is 0 Å². The van der Waals surface area contributed by atoms with Crippen molar-refractivity contribution < 1.29 is 4.74 Å². The fourth-order valence-electron chi connectivity index (χ4n) is 4.93. The van der Waals surface area contributed by atoms with E-state index in [9.17, 15) is 0 Å². The van der Waals surface area contributed by atoms with Crippen molar-refractivity contribution in [2.75, 3.05) is 6.61 Å². The minimum absolute atomic E-state index is 0.306. The first-order chi connectivity index (χ1) is 6.20. The summed E-state index contributed by atoms with van der Waals surface area (Å²) in [5, 5.41) is 0. The molecule has 0 aromatic rings. The van der Waals surface area contributed by atoms with Gasteiger partial charge in [0.25, 0.3) is 0 Å². The lowest BCUT2D eigenvalue weighted by molar-refractivity contribution is -0.0496. The fourth-order valence-corrected chi connectivity index (χ4v) is 4.93. The van der Waals surface area contributed by atoms with Crippen LogP contribution in [0.2, 0.25) is 0 Å². The van der Waals surface area contributed by atoms with Crippen LogP contribution in [-0.4, -0.2) is 12.2 Å². The highest BCUT2D eigenvalue weighted by atomic mass is 16.5. The summed E-state index contributed by atoms with van der Waals surface area (Å²) >= 11 is 0. The van der Waals surface area contributed by atoms with Crippen LogP contribution in [0.5, 0.6) is 0 Å². The van der Waals surface area contributed by atoms with Crippen LogP contribution < -0.4 is 0 Å². The Morgan fingerprint density at radius 1 is 1.54 bits per heavy atom. The Labute approximate surface area is 79.2 Å². The first-order valence-corrected chi connectivity index (χ1v) is 5.52. The van der Waals surface area contributed by atoms with Crippen LogP contribution in [0.3, 0.4) is 0 Å². The zero-order valence-corrected chi connectivity index (χ0v) is 8.34. The predicted molar refractivity (Wildman–Crippen MR) is 50.3 cm³/mol. The summed E-state index contributed by atoms with van der Waals surface area (Å²) in [6.07, 6.45) is 5.24. The van der Waals surface area contributed by atoms with Gasteiger partial charge in [-0.05, 0) is 25.7 Å². The van der Waals surface area contributed by atoms with Gasteiger partial charge in [0.05, 0.1) is 5.60 Å². The van der Waals surface area contributed by atoms with Crippen molar-refractivity contribution in [3.8, 4) is 0 Å².